The summed E-state index contributed by atoms with van der Waals surface area (Å²) in [6.07, 6.45) is 6.54. The molecule has 0 unspecified atom stereocenters. The number of carbonyl (C=O) groups excluding carboxylic acids is 2. The molecule has 23 heavy (non-hydrogen) atoms. The van der Waals surface area contributed by atoms with E-state index in [1.165, 1.54) is 19.3 Å². The van der Waals surface area contributed by atoms with Crippen molar-refractivity contribution in [3.63, 3.8) is 0 Å². The summed E-state index contributed by atoms with van der Waals surface area (Å²) in [5.41, 5.74) is 0.946. The van der Waals surface area contributed by atoms with Gasteiger partial charge in [-0.05, 0) is 37.0 Å². The molecule has 1 fully saturated rings. The summed E-state index contributed by atoms with van der Waals surface area (Å²) in [7, 11) is 0. The molecule has 2 N–H and O–H groups in total. The quantitative estimate of drug-likeness (QED) is 0.819. The maximum atomic E-state index is 11.8. The molecule has 0 spiro atoms. The molecule has 0 bridgehead atoms. The van der Waals surface area contributed by atoms with Crippen molar-refractivity contribution in [3.8, 4) is 0 Å². The van der Waals surface area contributed by atoms with Crippen LogP contribution < -0.4 is 10.6 Å². The molecule has 0 aliphatic heterocycles. The minimum Gasteiger partial charge on any atom is -0.352 e. The van der Waals surface area contributed by atoms with Gasteiger partial charge in [0.2, 0.25) is 11.8 Å². The van der Waals surface area contributed by atoms with Crippen molar-refractivity contribution in [1.82, 2.24) is 10.6 Å². The van der Waals surface area contributed by atoms with Gasteiger partial charge in [-0.25, -0.2) is 0 Å². The van der Waals surface area contributed by atoms with Gasteiger partial charge < -0.3 is 10.6 Å². The third-order valence-electron chi connectivity index (χ3n) is 4.04. The summed E-state index contributed by atoms with van der Waals surface area (Å²) in [6.45, 7) is 0.0384. The molecule has 1 aliphatic rings. The number of benzene rings is 1. The minimum absolute atomic E-state index is 0.0384. The summed E-state index contributed by atoms with van der Waals surface area (Å²) in [4.78, 5) is 23.6. The predicted molar refractivity (Wildman–Crippen MR) is 92.8 cm³/mol. The average Bonchev–Trinajstić information content (AvgIpc) is 2.55. The lowest BCUT2D eigenvalue weighted by molar-refractivity contribution is -0.126. The third kappa shape index (κ3) is 6.40. The molecule has 1 aromatic rings. The molecule has 0 aromatic heterocycles. The highest BCUT2D eigenvalue weighted by molar-refractivity contribution is 6.42. The zero-order valence-corrected chi connectivity index (χ0v) is 14.6. The second-order valence-corrected chi connectivity index (χ2v) is 6.74. The first-order valence-electron chi connectivity index (χ1n) is 8.04. The molecule has 4 nitrogen and oxygen atoms in total. The number of amides is 2. The Bertz CT molecular complexity index is 558. The van der Waals surface area contributed by atoms with Crippen molar-refractivity contribution in [2.75, 3.05) is 6.54 Å². The average molecular weight is 357 g/mol. The fraction of sp³-hybridized carbons (Fsp3) is 0.529. The number of halogens is 2. The number of carbonyl (C=O) groups is 2. The van der Waals surface area contributed by atoms with Crippen LogP contribution in [-0.4, -0.2) is 24.4 Å². The Balaban J connectivity index is 1.66. The Labute approximate surface area is 146 Å². The zero-order chi connectivity index (χ0) is 16.7. The van der Waals surface area contributed by atoms with Crippen molar-refractivity contribution in [1.29, 1.82) is 0 Å². The van der Waals surface area contributed by atoms with E-state index in [4.69, 9.17) is 23.2 Å². The number of hydrogen-bond donors (Lipinski definition) is 2. The Hall–Kier alpha value is -1.26. The van der Waals surface area contributed by atoms with E-state index in [0.717, 1.165) is 18.4 Å². The first-order chi connectivity index (χ1) is 11.0. The van der Waals surface area contributed by atoms with Gasteiger partial charge in [0.25, 0.3) is 0 Å². The highest BCUT2D eigenvalue weighted by atomic mass is 35.5. The standard InChI is InChI=1S/C17H22Cl2N2O2/c18-14-8-6-12(10-15(14)19)7-9-16(22)20-11-17(23)21-13-4-2-1-3-5-13/h6,8,10,13H,1-5,7,9,11H2,(H,20,22)(H,21,23). The van der Waals surface area contributed by atoms with Crippen LogP contribution in [0.25, 0.3) is 0 Å². The van der Waals surface area contributed by atoms with E-state index in [1.54, 1.807) is 12.1 Å². The molecule has 1 aliphatic carbocycles. The van der Waals surface area contributed by atoms with Crippen molar-refractivity contribution in [2.24, 2.45) is 0 Å². The first-order valence-corrected chi connectivity index (χ1v) is 8.80. The van der Waals surface area contributed by atoms with Gasteiger partial charge in [-0.3, -0.25) is 9.59 Å². The lowest BCUT2D eigenvalue weighted by Crippen LogP contribution is -2.42. The first kappa shape index (κ1) is 18.1. The Kier molecular flexibility index (Phi) is 7.18. The number of aryl methyl sites for hydroxylation is 1. The largest absolute Gasteiger partial charge is 0.352 e. The van der Waals surface area contributed by atoms with Gasteiger partial charge in [0.15, 0.2) is 0 Å². The molecule has 0 radical (unpaired) electrons. The summed E-state index contributed by atoms with van der Waals surface area (Å²) in [5, 5.41) is 6.62. The number of hydrogen-bond acceptors (Lipinski definition) is 2. The van der Waals surface area contributed by atoms with Crippen molar-refractivity contribution in [2.45, 2.75) is 51.0 Å². The predicted octanol–water partition coefficient (Wildman–Crippen LogP) is 3.49. The summed E-state index contributed by atoms with van der Waals surface area (Å²) in [5.74, 6) is -0.255. The number of nitrogens with one attached hydrogen (secondary N) is 2. The van der Waals surface area contributed by atoms with Crippen LogP contribution in [0.5, 0.6) is 0 Å². The SMILES string of the molecule is O=C(CCc1ccc(Cl)c(Cl)c1)NCC(=O)NC1CCCCC1. The lowest BCUT2D eigenvalue weighted by atomic mass is 9.95. The molecular weight excluding hydrogens is 335 g/mol. The van der Waals surface area contributed by atoms with Crippen LogP contribution in [0.2, 0.25) is 10.0 Å². The van der Waals surface area contributed by atoms with Gasteiger partial charge in [0.05, 0.1) is 16.6 Å². The van der Waals surface area contributed by atoms with E-state index in [1.807, 2.05) is 6.07 Å². The van der Waals surface area contributed by atoms with Crippen molar-refractivity contribution >= 4 is 35.0 Å². The maximum absolute atomic E-state index is 11.8. The fourth-order valence-corrected chi connectivity index (χ4v) is 3.07. The van der Waals surface area contributed by atoms with Crippen LogP contribution in [0.3, 0.4) is 0 Å². The minimum atomic E-state index is -0.144. The third-order valence-corrected chi connectivity index (χ3v) is 4.78. The monoisotopic (exact) mass is 356 g/mol. The zero-order valence-electron chi connectivity index (χ0n) is 13.0. The van der Waals surface area contributed by atoms with Gasteiger partial charge in [-0.15, -0.1) is 0 Å². The van der Waals surface area contributed by atoms with E-state index in [2.05, 4.69) is 10.6 Å². The van der Waals surface area contributed by atoms with Gasteiger partial charge in [0.1, 0.15) is 0 Å². The molecule has 2 amide bonds. The number of rotatable bonds is 6. The smallest absolute Gasteiger partial charge is 0.239 e. The van der Waals surface area contributed by atoms with Crippen LogP contribution >= 0.6 is 23.2 Å². The molecular formula is C17H22Cl2N2O2. The topological polar surface area (TPSA) is 58.2 Å². The van der Waals surface area contributed by atoms with Crippen LogP contribution in [-0.2, 0) is 16.0 Å². The Morgan fingerprint density at radius 3 is 2.48 bits per heavy atom. The van der Waals surface area contributed by atoms with Crippen LogP contribution in [0.15, 0.2) is 18.2 Å². The Morgan fingerprint density at radius 2 is 1.78 bits per heavy atom. The van der Waals surface area contributed by atoms with Crippen molar-refractivity contribution < 1.29 is 9.59 Å². The molecule has 0 heterocycles. The highest BCUT2D eigenvalue weighted by Crippen LogP contribution is 2.23. The summed E-state index contributed by atoms with van der Waals surface area (Å²) >= 11 is 11.8. The normalized spacial score (nSPS) is 15.2. The molecule has 126 valence electrons. The summed E-state index contributed by atoms with van der Waals surface area (Å²) < 4.78 is 0. The van der Waals surface area contributed by atoms with Gasteiger partial charge in [-0.2, -0.15) is 0 Å². The van der Waals surface area contributed by atoms with E-state index in [0.29, 0.717) is 22.9 Å². The second kappa shape index (κ2) is 9.14. The molecule has 1 saturated carbocycles. The second-order valence-electron chi connectivity index (χ2n) is 5.93. The van der Waals surface area contributed by atoms with Crippen LogP contribution in [0, 0.1) is 0 Å². The van der Waals surface area contributed by atoms with Crippen molar-refractivity contribution in [3.05, 3.63) is 33.8 Å². The molecule has 0 saturated heterocycles. The van der Waals surface area contributed by atoms with Gasteiger partial charge in [-0.1, -0.05) is 48.5 Å². The molecule has 2 rings (SSSR count). The maximum Gasteiger partial charge on any atom is 0.239 e. The summed E-state index contributed by atoms with van der Waals surface area (Å²) in [6, 6.07) is 5.59. The molecule has 6 heteroatoms. The van der Waals surface area contributed by atoms with Gasteiger partial charge in [0, 0.05) is 12.5 Å². The molecule has 1 aromatic carbocycles. The fourth-order valence-electron chi connectivity index (χ4n) is 2.75. The van der Waals surface area contributed by atoms with Crippen LogP contribution in [0.4, 0.5) is 0 Å². The lowest BCUT2D eigenvalue weighted by Gasteiger charge is -2.22. The van der Waals surface area contributed by atoms with Gasteiger partial charge >= 0.3 is 0 Å². The van der Waals surface area contributed by atoms with E-state index in [-0.39, 0.29) is 24.4 Å². The van der Waals surface area contributed by atoms with Crippen LogP contribution in [0.1, 0.15) is 44.1 Å². The van der Waals surface area contributed by atoms with E-state index < -0.39 is 0 Å². The molecule has 0 atom stereocenters. The van der Waals surface area contributed by atoms with E-state index in [9.17, 15) is 9.59 Å². The van der Waals surface area contributed by atoms with E-state index >= 15 is 0 Å². The highest BCUT2D eigenvalue weighted by Gasteiger charge is 2.15. The Morgan fingerprint density at radius 1 is 1.04 bits per heavy atom.